The van der Waals surface area contributed by atoms with Crippen LogP contribution >= 0.6 is 22.6 Å². The molecule has 0 aliphatic carbocycles. The van der Waals surface area contributed by atoms with Gasteiger partial charge in [-0.05, 0) is 34.7 Å². The molecule has 1 aromatic carbocycles. The number of ether oxygens (including phenoxy) is 1. The molecule has 26 heavy (non-hydrogen) atoms. The molecule has 1 heterocycles. The van der Waals surface area contributed by atoms with Crippen molar-refractivity contribution in [3.05, 3.63) is 59.9 Å². The fraction of sp³-hybridized carbons (Fsp3) is 0.214. The van der Waals surface area contributed by atoms with E-state index in [-0.39, 0.29) is 15.2 Å². The largest absolute Gasteiger partial charge is 0.444 e. The Morgan fingerprint density at radius 3 is 2.15 bits per heavy atom. The molecule has 0 unspecified atom stereocenters. The van der Waals surface area contributed by atoms with Crippen LogP contribution in [0, 0.1) is 15.2 Å². The highest BCUT2D eigenvalue weighted by atomic mass is 127. The fourth-order valence-corrected chi connectivity index (χ4v) is 2.31. The minimum atomic E-state index is -5.11. The molecule has 2 rings (SSSR count). The van der Waals surface area contributed by atoms with Gasteiger partial charge in [-0.25, -0.2) is 18.1 Å². The Balaban J connectivity index is 2.80. The number of esters is 1. The zero-order valence-electron chi connectivity index (χ0n) is 12.7. The zero-order chi connectivity index (χ0) is 19.8. The predicted molar refractivity (Wildman–Crippen MR) is 85.7 cm³/mol. The Morgan fingerprint density at radius 2 is 1.69 bits per heavy atom. The second kappa shape index (κ2) is 7.17. The van der Waals surface area contributed by atoms with Crippen molar-refractivity contribution in [3.63, 3.8) is 0 Å². The number of nitrogens with zero attached hydrogens (tertiary/aromatic N) is 2. The van der Waals surface area contributed by atoms with Crippen LogP contribution in [0.5, 0.6) is 0 Å². The second-order valence-electron chi connectivity index (χ2n) is 4.90. The lowest BCUT2D eigenvalue weighted by atomic mass is 10.3. The Kier molecular flexibility index (Phi) is 5.53. The van der Waals surface area contributed by atoms with Gasteiger partial charge in [-0.2, -0.15) is 13.2 Å². The average Bonchev–Trinajstić information content (AvgIpc) is 2.50. The van der Waals surface area contributed by atoms with Crippen LogP contribution in [0.3, 0.4) is 0 Å². The number of hydrogen-bond acceptors (Lipinski definition) is 4. The first kappa shape index (κ1) is 20.1. The highest BCUT2D eigenvalue weighted by molar-refractivity contribution is 14.1. The molecule has 0 atom stereocenters. The van der Waals surface area contributed by atoms with E-state index in [9.17, 15) is 36.3 Å². The van der Waals surface area contributed by atoms with Gasteiger partial charge in [0.2, 0.25) is 0 Å². The number of halogens is 6. The van der Waals surface area contributed by atoms with Crippen molar-refractivity contribution in [2.24, 2.45) is 0 Å². The van der Waals surface area contributed by atoms with Gasteiger partial charge in [0, 0.05) is 13.0 Å². The monoisotopic (exact) mass is 490 g/mol. The molecule has 0 saturated heterocycles. The smallest absolute Gasteiger partial charge is 0.431 e. The van der Waals surface area contributed by atoms with Crippen molar-refractivity contribution in [3.8, 4) is 5.69 Å². The predicted octanol–water partition coefficient (Wildman–Crippen LogP) is 2.42. The topological polar surface area (TPSA) is 70.3 Å². The van der Waals surface area contributed by atoms with Crippen molar-refractivity contribution >= 4 is 28.6 Å². The maximum absolute atomic E-state index is 13.7. The van der Waals surface area contributed by atoms with Gasteiger partial charge in [0.15, 0.2) is 6.73 Å². The summed E-state index contributed by atoms with van der Waals surface area (Å²) in [5, 5.41) is 0. The highest BCUT2D eigenvalue weighted by Crippen LogP contribution is 2.27. The summed E-state index contributed by atoms with van der Waals surface area (Å²) >= 11 is 1.34. The molecule has 0 fully saturated rings. The summed E-state index contributed by atoms with van der Waals surface area (Å²) in [6, 6.07) is 1.31. The first-order valence-electron chi connectivity index (χ1n) is 6.66. The molecule has 12 heteroatoms. The van der Waals surface area contributed by atoms with Gasteiger partial charge in [0.1, 0.15) is 17.3 Å². The van der Waals surface area contributed by atoms with E-state index in [0.717, 1.165) is 6.92 Å². The number of carbonyl (C=O) groups excluding carboxylic acids is 1. The van der Waals surface area contributed by atoms with Gasteiger partial charge in [-0.1, -0.05) is 0 Å². The number of alkyl halides is 3. The van der Waals surface area contributed by atoms with Crippen molar-refractivity contribution < 1.29 is 31.5 Å². The van der Waals surface area contributed by atoms with Gasteiger partial charge in [-0.3, -0.25) is 14.2 Å². The van der Waals surface area contributed by atoms with Crippen LogP contribution in [0.1, 0.15) is 12.6 Å². The summed E-state index contributed by atoms with van der Waals surface area (Å²) in [6.45, 7) is -0.239. The number of rotatable bonds is 3. The molecule has 1 aromatic heterocycles. The number of carbonyl (C=O) groups is 1. The summed E-state index contributed by atoms with van der Waals surface area (Å²) in [6.07, 6.45) is -5.11. The summed E-state index contributed by atoms with van der Waals surface area (Å²) in [4.78, 5) is 35.2. The van der Waals surface area contributed by atoms with Crippen molar-refractivity contribution in [2.45, 2.75) is 19.8 Å². The van der Waals surface area contributed by atoms with Crippen LogP contribution < -0.4 is 11.2 Å². The average molecular weight is 490 g/mol. The van der Waals surface area contributed by atoms with E-state index < -0.39 is 56.7 Å². The van der Waals surface area contributed by atoms with Gasteiger partial charge < -0.3 is 4.74 Å². The molecule has 0 aliphatic rings. The van der Waals surface area contributed by atoms with Crippen LogP contribution in [0.25, 0.3) is 5.69 Å². The highest BCUT2D eigenvalue weighted by Gasteiger charge is 2.36. The maximum Gasteiger partial charge on any atom is 0.431 e. The van der Waals surface area contributed by atoms with E-state index in [2.05, 4.69) is 4.74 Å². The van der Waals surface area contributed by atoms with Crippen molar-refractivity contribution in [2.75, 3.05) is 0 Å². The number of hydrogen-bond donors (Lipinski definition) is 0. The lowest BCUT2D eigenvalue weighted by molar-refractivity contribution is -0.154. The van der Waals surface area contributed by atoms with E-state index in [1.807, 2.05) is 0 Å². The molecule has 6 nitrogen and oxygen atoms in total. The minimum absolute atomic E-state index is 0.0312. The normalized spacial score (nSPS) is 11.5. The molecule has 0 bridgehead atoms. The summed E-state index contributed by atoms with van der Waals surface area (Å²) in [7, 11) is 0. The Morgan fingerprint density at radius 1 is 1.15 bits per heavy atom. The molecule has 140 valence electrons. The van der Waals surface area contributed by atoms with Crippen LogP contribution in [0.15, 0.2) is 27.8 Å². The van der Waals surface area contributed by atoms with Crippen LogP contribution in [-0.4, -0.2) is 15.1 Å². The molecule has 2 aromatic rings. The van der Waals surface area contributed by atoms with Gasteiger partial charge in [0.25, 0.3) is 5.56 Å². The lowest BCUT2D eigenvalue weighted by Crippen LogP contribution is -2.42. The third kappa shape index (κ3) is 3.94. The second-order valence-corrected chi connectivity index (χ2v) is 5.98. The van der Waals surface area contributed by atoms with E-state index >= 15 is 0 Å². The molecular weight excluding hydrogens is 482 g/mol. The number of aromatic nitrogens is 2. The van der Waals surface area contributed by atoms with Gasteiger partial charge in [-0.15, -0.1) is 0 Å². The minimum Gasteiger partial charge on any atom is -0.444 e. The van der Waals surface area contributed by atoms with Crippen LogP contribution in [-0.2, 0) is 22.4 Å². The van der Waals surface area contributed by atoms with Crippen molar-refractivity contribution in [1.29, 1.82) is 0 Å². The fourth-order valence-electron chi connectivity index (χ4n) is 2.00. The Labute approximate surface area is 154 Å². The standard InChI is InChI=1S/C14H8F5IN2O4/c1-6(23)26-5-21-10(14(17,18)19)4-11(24)22(13(21)25)7-2-8(15)12(20)9(16)3-7/h2-4H,5H2,1H3. The van der Waals surface area contributed by atoms with E-state index in [4.69, 9.17) is 0 Å². The first-order chi connectivity index (χ1) is 11.9. The molecule has 0 radical (unpaired) electrons. The summed E-state index contributed by atoms with van der Waals surface area (Å²) in [5.41, 5.74) is -5.32. The van der Waals surface area contributed by atoms with Gasteiger partial charge >= 0.3 is 17.8 Å². The zero-order valence-corrected chi connectivity index (χ0v) is 14.9. The molecular formula is C14H8F5IN2O4. The van der Waals surface area contributed by atoms with Gasteiger partial charge in [0.05, 0.1) is 9.26 Å². The van der Waals surface area contributed by atoms with Crippen molar-refractivity contribution in [1.82, 2.24) is 9.13 Å². The molecule has 0 aliphatic heterocycles. The molecule has 0 amide bonds. The van der Waals surface area contributed by atoms with E-state index in [1.54, 1.807) is 0 Å². The van der Waals surface area contributed by atoms with Crippen LogP contribution in [0.2, 0.25) is 0 Å². The summed E-state index contributed by atoms with van der Waals surface area (Å²) < 4.78 is 70.7. The molecule has 0 spiro atoms. The van der Waals surface area contributed by atoms with E-state index in [1.165, 1.54) is 22.6 Å². The quantitative estimate of drug-likeness (QED) is 0.287. The Bertz CT molecular complexity index is 973. The third-order valence-corrected chi connectivity index (χ3v) is 4.14. The SMILES string of the molecule is CC(=O)OCn1c(C(F)(F)F)cc(=O)n(-c2cc(F)c(I)c(F)c2)c1=O. The molecule has 0 N–H and O–H groups in total. The third-order valence-electron chi connectivity index (χ3n) is 3.11. The Hall–Kier alpha value is -2.25. The summed E-state index contributed by atoms with van der Waals surface area (Å²) in [5.74, 6) is -3.20. The molecule has 0 saturated carbocycles. The van der Waals surface area contributed by atoms with Crippen LogP contribution in [0.4, 0.5) is 22.0 Å². The maximum atomic E-state index is 13.7. The first-order valence-corrected chi connectivity index (χ1v) is 7.73. The van der Waals surface area contributed by atoms with E-state index in [0.29, 0.717) is 12.1 Å². The number of benzene rings is 1. The lowest BCUT2D eigenvalue weighted by Gasteiger charge is -2.17.